The summed E-state index contributed by atoms with van der Waals surface area (Å²) in [5.74, 6) is 0.285. The molecular formula is C28H33N3O. The van der Waals surface area contributed by atoms with Crippen LogP contribution in [-0.2, 0) is 12.0 Å². The summed E-state index contributed by atoms with van der Waals surface area (Å²) in [4.78, 5) is 22.5. The molecule has 0 radical (unpaired) electrons. The van der Waals surface area contributed by atoms with Crippen LogP contribution in [0.15, 0.2) is 75.6 Å². The molecule has 0 saturated carbocycles. The van der Waals surface area contributed by atoms with Crippen molar-refractivity contribution in [2.45, 2.75) is 46.1 Å². The van der Waals surface area contributed by atoms with Crippen LogP contribution in [0.25, 0.3) is 6.08 Å². The predicted molar refractivity (Wildman–Crippen MR) is 136 cm³/mol. The second kappa shape index (κ2) is 9.15. The molecule has 0 aliphatic heterocycles. The van der Waals surface area contributed by atoms with Crippen molar-refractivity contribution in [3.05, 3.63) is 92.9 Å². The van der Waals surface area contributed by atoms with Crippen molar-refractivity contribution in [1.29, 1.82) is 0 Å². The third kappa shape index (κ3) is 4.02. The number of aromatic nitrogens is 1. The fourth-order valence-corrected chi connectivity index (χ4v) is 5.36. The topological polar surface area (TPSA) is 48.5 Å². The number of rotatable bonds is 6. The third-order valence-corrected chi connectivity index (χ3v) is 6.77. The second-order valence-corrected chi connectivity index (χ2v) is 8.72. The lowest BCUT2D eigenvalue weighted by Crippen LogP contribution is -2.40. The van der Waals surface area contributed by atoms with Gasteiger partial charge in [-0.25, -0.2) is 0 Å². The van der Waals surface area contributed by atoms with Crippen molar-refractivity contribution >= 4 is 18.0 Å². The quantitative estimate of drug-likeness (QED) is 0.477. The number of aromatic amines is 1. The van der Waals surface area contributed by atoms with Gasteiger partial charge in [-0.15, -0.1) is 0 Å². The van der Waals surface area contributed by atoms with Crippen LogP contribution >= 0.6 is 0 Å². The molecule has 32 heavy (non-hydrogen) atoms. The first-order valence-corrected chi connectivity index (χ1v) is 11.6. The monoisotopic (exact) mass is 427 g/mol. The van der Waals surface area contributed by atoms with Gasteiger partial charge in [-0.05, 0) is 69.5 Å². The van der Waals surface area contributed by atoms with Gasteiger partial charge in [0.05, 0.1) is 0 Å². The SMILES string of the molecule is CC=C1C2C=C(C)CC1(N=CC=Cc1ccc(N(CC)CC)cc1)c1ccc(=O)[nH]c1C2. The van der Waals surface area contributed by atoms with Gasteiger partial charge in [0.25, 0.3) is 0 Å². The van der Waals surface area contributed by atoms with Crippen molar-refractivity contribution in [2.75, 3.05) is 18.0 Å². The summed E-state index contributed by atoms with van der Waals surface area (Å²) in [5, 5.41) is 0. The number of pyridine rings is 1. The number of H-pyrrole nitrogens is 1. The van der Waals surface area contributed by atoms with Gasteiger partial charge in [0.1, 0.15) is 5.54 Å². The van der Waals surface area contributed by atoms with Gasteiger partial charge in [-0.2, -0.15) is 0 Å². The molecule has 1 aromatic heterocycles. The van der Waals surface area contributed by atoms with Gasteiger partial charge in [0.2, 0.25) is 5.56 Å². The molecule has 2 aliphatic carbocycles. The fourth-order valence-electron chi connectivity index (χ4n) is 5.36. The van der Waals surface area contributed by atoms with Crippen LogP contribution in [0.4, 0.5) is 5.69 Å². The van der Waals surface area contributed by atoms with Crippen molar-refractivity contribution in [1.82, 2.24) is 4.98 Å². The zero-order valence-electron chi connectivity index (χ0n) is 19.6. The number of hydrogen-bond acceptors (Lipinski definition) is 3. The highest BCUT2D eigenvalue weighted by atomic mass is 16.1. The summed E-state index contributed by atoms with van der Waals surface area (Å²) in [5.41, 5.74) is 6.75. The average Bonchev–Trinajstić information content (AvgIpc) is 2.78. The summed E-state index contributed by atoms with van der Waals surface area (Å²) in [6.07, 6.45) is 12.3. The highest BCUT2D eigenvalue weighted by Gasteiger charge is 2.46. The lowest BCUT2D eigenvalue weighted by Gasteiger charge is -2.45. The number of anilines is 1. The Morgan fingerprint density at radius 2 is 1.91 bits per heavy atom. The minimum atomic E-state index is -0.438. The van der Waals surface area contributed by atoms with E-state index in [9.17, 15) is 4.79 Å². The summed E-state index contributed by atoms with van der Waals surface area (Å²) in [7, 11) is 0. The van der Waals surface area contributed by atoms with E-state index in [0.29, 0.717) is 0 Å². The maximum atomic E-state index is 12.0. The molecule has 0 amide bonds. The van der Waals surface area contributed by atoms with E-state index in [4.69, 9.17) is 4.99 Å². The maximum absolute atomic E-state index is 12.0. The van der Waals surface area contributed by atoms with Crippen molar-refractivity contribution in [3.8, 4) is 0 Å². The van der Waals surface area contributed by atoms with Crippen LogP contribution in [0.1, 0.15) is 50.9 Å². The molecule has 0 fully saturated rings. The van der Waals surface area contributed by atoms with Gasteiger partial charge in [0.15, 0.2) is 0 Å². The Hall–Kier alpha value is -3.14. The minimum absolute atomic E-state index is 0.0429. The summed E-state index contributed by atoms with van der Waals surface area (Å²) in [6.45, 7) is 10.7. The van der Waals surface area contributed by atoms with Gasteiger partial charge in [0, 0.05) is 54.7 Å². The normalized spacial score (nSPS) is 23.6. The summed E-state index contributed by atoms with van der Waals surface area (Å²) < 4.78 is 0. The largest absolute Gasteiger partial charge is 0.372 e. The Kier molecular flexibility index (Phi) is 6.31. The maximum Gasteiger partial charge on any atom is 0.248 e. The molecule has 1 N–H and O–H groups in total. The van der Waals surface area contributed by atoms with E-state index >= 15 is 0 Å². The Balaban J connectivity index is 1.64. The van der Waals surface area contributed by atoms with E-state index in [0.717, 1.165) is 42.8 Å². The van der Waals surface area contributed by atoms with Gasteiger partial charge in [-0.1, -0.05) is 35.9 Å². The molecule has 2 unspecified atom stereocenters. The highest BCUT2D eigenvalue weighted by Crippen LogP contribution is 2.51. The lowest BCUT2D eigenvalue weighted by molar-refractivity contribution is 0.413. The van der Waals surface area contributed by atoms with E-state index in [1.807, 2.05) is 18.4 Å². The molecule has 2 bridgehead atoms. The number of nitrogens with one attached hydrogen (secondary N) is 1. The minimum Gasteiger partial charge on any atom is -0.372 e. The Labute approximate surface area is 191 Å². The summed E-state index contributed by atoms with van der Waals surface area (Å²) >= 11 is 0. The molecule has 4 nitrogen and oxygen atoms in total. The van der Waals surface area contributed by atoms with Crippen LogP contribution in [-0.4, -0.2) is 24.3 Å². The lowest BCUT2D eigenvalue weighted by atomic mass is 9.63. The van der Waals surface area contributed by atoms with E-state index < -0.39 is 5.54 Å². The number of allylic oxidation sites excluding steroid dienone is 3. The number of fused-ring (bicyclic) bond motifs is 4. The Morgan fingerprint density at radius 3 is 2.59 bits per heavy atom. The molecule has 1 aromatic carbocycles. The molecule has 0 saturated heterocycles. The Bertz CT molecular complexity index is 1150. The third-order valence-electron chi connectivity index (χ3n) is 6.77. The van der Waals surface area contributed by atoms with Gasteiger partial charge < -0.3 is 9.88 Å². The van der Waals surface area contributed by atoms with Crippen molar-refractivity contribution in [3.63, 3.8) is 0 Å². The molecule has 2 aromatic rings. The van der Waals surface area contributed by atoms with E-state index in [2.05, 4.69) is 80.1 Å². The molecule has 2 aliphatic rings. The summed E-state index contributed by atoms with van der Waals surface area (Å²) in [6, 6.07) is 12.3. The highest BCUT2D eigenvalue weighted by molar-refractivity contribution is 5.79. The first-order chi connectivity index (χ1) is 15.5. The number of nitrogens with zero attached hydrogens (tertiary/aromatic N) is 2. The molecule has 1 heterocycles. The van der Waals surface area contributed by atoms with Gasteiger partial charge >= 0.3 is 0 Å². The molecular weight excluding hydrogens is 394 g/mol. The van der Waals surface area contributed by atoms with Crippen molar-refractivity contribution < 1.29 is 0 Å². The van der Waals surface area contributed by atoms with Crippen LogP contribution < -0.4 is 10.5 Å². The first-order valence-electron chi connectivity index (χ1n) is 11.6. The van der Waals surface area contributed by atoms with Crippen molar-refractivity contribution in [2.24, 2.45) is 10.9 Å². The van der Waals surface area contributed by atoms with E-state index in [-0.39, 0.29) is 11.5 Å². The van der Waals surface area contributed by atoms with Crippen LogP contribution in [0.2, 0.25) is 0 Å². The second-order valence-electron chi connectivity index (χ2n) is 8.72. The average molecular weight is 428 g/mol. The molecule has 2 atom stereocenters. The zero-order valence-corrected chi connectivity index (χ0v) is 19.6. The van der Waals surface area contributed by atoms with E-state index in [1.165, 1.54) is 16.8 Å². The standard InChI is InChI=1S/C28H33N3O/c1-5-24-22-17-20(4)19-28(24,25-14-15-27(32)30-26(25)18-22)29-16-8-9-21-10-12-23(13-11-21)31(6-2)7-3/h5,8-17,22H,6-7,18-19H2,1-4H3,(H,30,32). The number of aliphatic imine (C=N–C) groups is 1. The van der Waals surface area contributed by atoms with Crippen LogP contribution in [0.3, 0.4) is 0 Å². The Morgan fingerprint density at radius 1 is 1.16 bits per heavy atom. The number of hydrogen-bond donors (Lipinski definition) is 1. The predicted octanol–water partition coefficient (Wildman–Crippen LogP) is 5.67. The van der Waals surface area contributed by atoms with Crippen LogP contribution in [0, 0.1) is 5.92 Å². The smallest absolute Gasteiger partial charge is 0.248 e. The number of benzene rings is 1. The zero-order chi connectivity index (χ0) is 22.7. The molecule has 166 valence electrons. The molecule has 4 rings (SSSR count). The van der Waals surface area contributed by atoms with E-state index in [1.54, 1.807) is 6.07 Å². The fraction of sp³-hybridized carbons (Fsp3) is 0.357. The van der Waals surface area contributed by atoms with Gasteiger partial charge in [-0.3, -0.25) is 9.79 Å². The first kappa shape index (κ1) is 22.1. The molecule has 0 spiro atoms. The molecule has 4 heteroatoms. The van der Waals surface area contributed by atoms with Crippen LogP contribution in [0.5, 0.6) is 0 Å².